The van der Waals surface area contributed by atoms with Gasteiger partial charge in [0.05, 0.1) is 0 Å². The molecule has 0 saturated carbocycles. The molecule has 5 nitrogen and oxygen atoms in total. The maximum atomic E-state index is 12.0. The molecule has 1 N–H and O–H groups in total. The third kappa shape index (κ3) is 2.74. The van der Waals surface area contributed by atoms with Gasteiger partial charge in [-0.15, -0.1) is 0 Å². The zero-order valence-electron chi connectivity index (χ0n) is 11.4. The number of nitrogens with one attached hydrogen (secondary N) is 1. The van der Waals surface area contributed by atoms with Crippen molar-refractivity contribution in [2.75, 3.05) is 36.0 Å². The maximum absolute atomic E-state index is 12.0. The van der Waals surface area contributed by atoms with Crippen LogP contribution >= 0.6 is 0 Å². The second kappa shape index (κ2) is 5.63. The van der Waals surface area contributed by atoms with Gasteiger partial charge in [0, 0.05) is 32.2 Å². The highest BCUT2D eigenvalue weighted by atomic mass is 16.1. The van der Waals surface area contributed by atoms with Gasteiger partial charge in [-0.05, 0) is 38.5 Å². The minimum Gasteiger partial charge on any atom is -0.367 e. The van der Waals surface area contributed by atoms with E-state index in [4.69, 9.17) is 0 Å². The van der Waals surface area contributed by atoms with Crippen molar-refractivity contribution in [1.82, 2.24) is 10.2 Å². The topological polar surface area (TPSA) is 52.2 Å². The third-order valence-electron chi connectivity index (χ3n) is 4.15. The molecule has 19 heavy (non-hydrogen) atoms. The smallest absolute Gasteiger partial charge is 0.287 e. The van der Waals surface area contributed by atoms with Crippen LogP contribution in [0.1, 0.15) is 38.5 Å². The molecular weight excluding hydrogens is 240 g/mol. The van der Waals surface area contributed by atoms with Crippen molar-refractivity contribution in [3.05, 3.63) is 16.4 Å². The number of nitrogens with zero attached hydrogens (tertiary/aromatic N) is 3. The minimum absolute atomic E-state index is 0.0531. The molecule has 0 radical (unpaired) electrons. The van der Waals surface area contributed by atoms with Crippen LogP contribution in [0.4, 0.5) is 11.5 Å². The van der Waals surface area contributed by atoms with Crippen molar-refractivity contribution in [2.45, 2.75) is 38.5 Å². The first-order valence-electron chi connectivity index (χ1n) is 7.44. The molecule has 2 saturated heterocycles. The summed E-state index contributed by atoms with van der Waals surface area (Å²) in [6, 6.07) is 1.98. The normalized spacial score (nSPS) is 20.6. The maximum Gasteiger partial charge on any atom is 0.287 e. The summed E-state index contributed by atoms with van der Waals surface area (Å²) in [5.74, 6) is 0.930. The van der Waals surface area contributed by atoms with E-state index in [2.05, 4.69) is 20.0 Å². The summed E-state index contributed by atoms with van der Waals surface area (Å²) >= 11 is 0. The summed E-state index contributed by atoms with van der Waals surface area (Å²) in [5.41, 5.74) is 0.748. The molecule has 0 unspecified atom stereocenters. The molecule has 0 aromatic carbocycles. The summed E-state index contributed by atoms with van der Waals surface area (Å²) in [7, 11) is 0. The van der Waals surface area contributed by atoms with Gasteiger partial charge in [0.25, 0.3) is 5.56 Å². The Hall–Kier alpha value is -1.52. The molecular formula is C14H22N4O. The zero-order chi connectivity index (χ0) is 13.1. The van der Waals surface area contributed by atoms with E-state index in [1.165, 1.54) is 38.5 Å². The third-order valence-corrected chi connectivity index (χ3v) is 4.15. The molecule has 1 aromatic rings. The Balaban J connectivity index is 1.84. The Morgan fingerprint density at radius 3 is 2.11 bits per heavy atom. The van der Waals surface area contributed by atoms with Gasteiger partial charge in [-0.25, -0.2) is 5.10 Å². The Kier molecular flexibility index (Phi) is 3.71. The highest BCUT2D eigenvalue weighted by Gasteiger charge is 2.18. The van der Waals surface area contributed by atoms with Crippen molar-refractivity contribution in [3.8, 4) is 0 Å². The minimum atomic E-state index is -0.0531. The molecule has 2 aliphatic heterocycles. The van der Waals surface area contributed by atoms with Gasteiger partial charge >= 0.3 is 0 Å². The first kappa shape index (κ1) is 12.5. The van der Waals surface area contributed by atoms with Gasteiger partial charge < -0.3 is 9.80 Å². The molecule has 0 atom stereocenters. The van der Waals surface area contributed by atoms with Gasteiger partial charge in [-0.3, -0.25) is 4.79 Å². The van der Waals surface area contributed by atoms with Crippen molar-refractivity contribution in [1.29, 1.82) is 0 Å². The summed E-state index contributed by atoms with van der Waals surface area (Å²) in [6.07, 6.45) is 7.39. The summed E-state index contributed by atoms with van der Waals surface area (Å²) in [4.78, 5) is 16.5. The molecule has 0 bridgehead atoms. The van der Waals surface area contributed by atoms with E-state index in [0.717, 1.165) is 37.7 Å². The second-order valence-electron chi connectivity index (χ2n) is 5.54. The Labute approximate surface area is 113 Å². The fraction of sp³-hybridized carbons (Fsp3) is 0.714. The number of H-pyrrole nitrogens is 1. The Bertz CT molecular complexity index is 473. The highest BCUT2D eigenvalue weighted by molar-refractivity contribution is 5.53. The molecule has 2 aliphatic rings. The molecule has 5 heteroatoms. The van der Waals surface area contributed by atoms with Crippen LogP contribution in [0.25, 0.3) is 0 Å². The summed E-state index contributed by atoms with van der Waals surface area (Å²) in [5, 5.41) is 6.89. The van der Waals surface area contributed by atoms with E-state index < -0.39 is 0 Å². The first-order chi connectivity index (χ1) is 9.34. The van der Waals surface area contributed by atoms with E-state index >= 15 is 0 Å². The van der Waals surface area contributed by atoms with Crippen LogP contribution in [0.15, 0.2) is 10.9 Å². The average molecular weight is 262 g/mol. The monoisotopic (exact) mass is 262 g/mol. The lowest BCUT2D eigenvalue weighted by Gasteiger charge is -2.30. The van der Waals surface area contributed by atoms with Crippen molar-refractivity contribution in [3.63, 3.8) is 0 Å². The van der Waals surface area contributed by atoms with Crippen LogP contribution in [0.2, 0.25) is 0 Å². The van der Waals surface area contributed by atoms with Crippen LogP contribution in [-0.4, -0.2) is 36.4 Å². The number of rotatable bonds is 2. The standard InChI is InChI=1S/C14H22N4O/c19-14-12(17-7-3-1-4-8-17)11-13(15-16-14)18-9-5-2-6-10-18/h11H,1-10H2,(H,16,19). The Morgan fingerprint density at radius 2 is 1.47 bits per heavy atom. The van der Waals surface area contributed by atoms with E-state index in [9.17, 15) is 4.79 Å². The fourth-order valence-electron chi connectivity index (χ4n) is 3.04. The van der Waals surface area contributed by atoms with Crippen molar-refractivity contribution < 1.29 is 0 Å². The van der Waals surface area contributed by atoms with Crippen molar-refractivity contribution in [2.24, 2.45) is 0 Å². The molecule has 0 amide bonds. The van der Waals surface area contributed by atoms with Gasteiger partial charge in [0.2, 0.25) is 0 Å². The Morgan fingerprint density at radius 1 is 0.895 bits per heavy atom. The lowest BCUT2D eigenvalue weighted by Crippen LogP contribution is -2.36. The van der Waals surface area contributed by atoms with Gasteiger partial charge in [-0.1, -0.05) is 0 Å². The number of hydrogen-bond donors (Lipinski definition) is 1. The van der Waals surface area contributed by atoms with Gasteiger partial charge in [-0.2, -0.15) is 5.10 Å². The molecule has 104 valence electrons. The number of anilines is 2. The summed E-state index contributed by atoms with van der Waals surface area (Å²) < 4.78 is 0. The van der Waals surface area contributed by atoms with E-state index in [1.54, 1.807) is 0 Å². The predicted molar refractivity (Wildman–Crippen MR) is 77.0 cm³/mol. The van der Waals surface area contributed by atoms with Crippen molar-refractivity contribution >= 4 is 11.5 Å². The highest BCUT2D eigenvalue weighted by Crippen LogP contribution is 2.21. The molecule has 2 fully saturated rings. The zero-order valence-corrected chi connectivity index (χ0v) is 11.4. The molecule has 0 spiro atoms. The van der Waals surface area contributed by atoms with Gasteiger partial charge in [0.1, 0.15) is 5.69 Å². The molecule has 3 rings (SSSR count). The first-order valence-corrected chi connectivity index (χ1v) is 7.44. The lowest BCUT2D eigenvalue weighted by atomic mass is 10.1. The number of aromatic amines is 1. The molecule has 0 aliphatic carbocycles. The predicted octanol–water partition coefficient (Wildman–Crippen LogP) is 1.75. The second-order valence-corrected chi connectivity index (χ2v) is 5.54. The largest absolute Gasteiger partial charge is 0.367 e. The lowest BCUT2D eigenvalue weighted by molar-refractivity contribution is 0.565. The molecule has 3 heterocycles. The number of hydrogen-bond acceptors (Lipinski definition) is 4. The van der Waals surface area contributed by atoms with Gasteiger partial charge in [0.15, 0.2) is 5.82 Å². The SMILES string of the molecule is O=c1[nH]nc(N2CCCCC2)cc1N1CCCCC1. The van der Waals surface area contributed by atoms with Crippen LogP contribution in [0.5, 0.6) is 0 Å². The molecule has 1 aromatic heterocycles. The van der Waals surface area contributed by atoms with E-state index in [1.807, 2.05) is 6.07 Å². The van der Waals surface area contributed by atoms with Crippen LogP contribution in [0, 0.1) is 0 Å². The van der Waals surface area contributed by atoms with Crippen LogP contribution in [0.3, 0.4) is 0 Å². The van der Waals surface area contributed by atoms with E-state index in [-0.39, 0.29) is 5.56 Å². The quantitative estimate of drug-likeness (QED) is 0.882. The van der Waals surface area contributed by atoms with Crippen LogP contribution < -0.4 is 15.4 Å². The summed E-state index contributed by atoms with van der Waals surface area (Å²) in [6.45, 7) is 4.09. The van der Waals surface area contributed by atoms with Crippen LogP contribution in [-0.2, 0) is 0 Å². The number of aromatic nitrogens is 2. The fourth-order valence-corrected chi connectivity index (χ4v) is 3.04. The number of piperidine rings is 2. The van der Waals surface area contributed by atoms with E-state index in [0.29, 0.717) is 0 Å². The average Bonchev–Trinajstić information content (AvgIpc) is 2.49.